The Morgan fingerprint density at radius 1 is 1.14 bits per heavy atom. The van der Waals surface area contributed by atoms with E-state index in [2.05, 4.69) is 5.32 Å². The molecule has 0 heterocycles. The van der Waals surface area contributed by atoms with Crippen molar-refractivity contribution in [1.82, 2.24) is 0 Å². The molecule has 0 saturated carbocycles. The van der Waals surface area contributed by atoms with Gasteiger partial charge in [-0.15, -0.1) is 0 Å². The third-order valence-electron chi connectivity index (χ3n) is 5.26. The van der Waals surface area contributed by atoms with Crippen LogP contribution in [0.5, 0.6) is 0 Å². The summed E-state index contributed by atoms with van der Waals surface area (Å²) >= 11 is 0. The van der Waals surface area contributed by atoms with Crippen LogP contribution in [-0.4, -0.2) is 5.91 Å². The van der Waals surface area contributed by atoms with Crippen molar-refractivity contribution in [1.29, 1.82) is 0 Å². The largest absolute Gasteiger partial charge is 0.416 e. The van der Waals surface area contributed by atoms with E-state index in [-0.39, 0.29) is 5.91 Å². The highest BCUT2D eigenvalue weighted by atomic mass is 19.4. The number of halogens is 3. The number of allylic oxidation sites excluding steroid dienone is 3. The molecule has 29 heavy (non-hydrogen) atoms. The Bertz CT molecular complexity index is 928. The Morgan fingerprint density at radius 2 is 1.93 bits per heavy atom. The number of anilines is 1. The van der Waals surface area contributed by atoms with Crippen molar-refractivity contribution in [3.8, 4) is 0 Å². The molecule has 3 rings (SSSR count). The van der Waals surface area contributed by atoms with Gasteiger partial charge >= 0.3 is 6.18 Å². The molecule has 1 N–H and O–H groups in total. The number of alkyl halides is 3. The van der Waals surface area contributed by atoms with E-state index in [0.29, 0.717) is 24.3 Å². The third kappa shape index (κ3) is 5.59. The highest BCUT2D eigenvalue weighted by Crippen LogP contribution is 2.38. The Balaban J connectivity index is 1.51. The van der Waals surface area contributed by atoms with E-state index >= 15 is 0 Å². The number of hydrogen-bond acceptors (Lipinski definition) is 1. The molecule has 2 nitrogen and oxygen atoms in total. The summed E-state index contributed by atoms with van der Waals surface area (Å²) in [5.41, 5.74) is 2.54. The first kappa shape index (κ1) is 20.9. The van der Waals surface area contributed by atoms with E-state index in [4.69, 9.17) is 0 Å². The molecule has 0 radical (unpaired) electrons. The molecule has 5 heteroatoms. The predicted molar refractivity (Wildman–Crippen MR) is 110 cm³/mol. The molecule has 0 bridgehead atoms. The molecule has 1 amide bonds. The molecular weight excluding hydrogens is 375 g/mol. The van der Waals surface area contributed by atoms with Gasteiger partial charge < -0.3 is 5.32 Å². The van der Waals surface area contributed by atoms with Crippen LogP contribution >= 0.6 is 0 Å². The zero-order chi connectivity index (χ0) is 20.9. The number of nitrogens with one attached hydrogen (secondary N) is 1. The number of carbonyl (C=O) groups is 1. The molecule has 0 aliphatic heterocycles. The standard InChI is InChI=1S/C24H24F3NO/c1-17-8-5-6-12-22(17)28-23(29)13-4-2-3-9-18-14-15-20-19(16-18)10-7-11-21(20)24(25,26)27/h2-8,10-13,18H,9,14-16H2,1H3,(H,28,29)/b3-2+,13-4+. The first-order valence-electron chi connectivity index (χ1n) is 9.72. The van der Waals surface area contributed by atoms with Crippen LogP contribution < -0.4 is 5.32 Å². The van der Waals surface area contributed by atoms with Gasteiger partial charge in [-0.05, 0) is 67.3 Å². The number of hydrogen-bond donors (Lipinski definition) is 1. The molecule has 1 aliphatic carbocycles. The summed E-state index contributed by atoms with van der Waals surface area (Å²) < 4.78 is 39.4. The summed E-state index contributed by atoms with van der Waals surface area (Å²) in [5.74, 6) is 0.117. The fourth-order valence-corrected chi connectivity index (χ4v) is 3.73. The molecule has 2 aromatic rings. The number of aryl methyl sites for hydroxylation is 1. The highest BCUT2D eigenvalue weighted by Gasteiger charge is 2.35. The molecule has 2 aromatic carbocycles. The summed E-state index contributed by atoms with van der Waals surface area (Å²) in [5, 5.41) is 2.83. The molecule has 0 spiro atoms. The van der Waals surface area contributed by atoms with Gasteiger partial charge in [0.2, 0.25) is 5.91 Å². The Hall–Kier alpha value is -2.82. The second-order valence-electron chi connectivity index (χ2n) is 7.38. The normalized spacial score (nSPS) is 16.9. The van der Waals surface area contributed by atoms with Gasteiger partial charge in [0.05, 0.1) is 5.56 Å². The highest BCUT2D eigenvalue weighted by molar-refractivity contribution is 5.99. The van der Waals surface area contributed by atoms with Crippen molar-refractivity contribution >= 4 is 11.6 Å². The molecule has 0 saturated heterocycles. The monoisotopic (exact) mass is 399 g/mol. The molecular formula is C24H24F3NO. The van der Waals surface area contributed by atoms with Crippen LogP contribution in [0.15, 0.2) is 66.8 Å². The predicted octanol–water partition coefficient (Wildman–Crippen LogP) is 6.26. The lowest BCUT2D eigenvalue weighted by Gasteiger charge is -2.26. The van der Waals surface area contributed by atoms with Crippen LogP contribution in [0.2, 0.25) is 0 Å². The molecule has 0 fully saturated rings. The summed E-state index contributed by atoms with van der Waals surface area (Å²) in [7, 11) is 0. The topological polar surface area (TPSA) is 29.1 Å². The fourth-order valence-electron chi connectivity index (χ4n) is 3.73. The van der Waals surface area contributed by atoms with Gasteiger partial charge in [-0.2, -0.15) is 13.2 Å². The van der Waals surface area contributed by atoms with Gasteiger partial charge in [-0.3, -0.25) is 4.79 Å². The van der Waals surface area contributed by atoms with E-state index in [9.17, 15) is 18.0 Å². The van der Waals surface area contributed by atoms with Gasteiger partial charge in [0.15, 0.2) is 0 Å². The van der Waals surface area contributed by atoms with Crippen LogP contribution in [0.3, 0.4) is 0 Å². The summed E-state index contributed by atoms with van der Waals surface area (Å²) in [6, 6.07) is 12.0. The summed E-state index contributed by atoms with van der Waals surface area (Å²) in [6.07, 6.45) is 5.28. The Morgan fingerprint density at radius 3 is 2.69 bits per heavy atom. The van der Waals surface area contributed by atoms with Crippen molar-refractivity contribution in [3.63, 3.8) is 0 Å². The van der Waals surface area contributed by atoms with Gasteiger partial charge in [0.25, 0.3) is 0 Å². The van der Waals surface area contributed by atoms with Crippen LogP contribution in [0.25, 0.3) is 0 Å². The minimum Gasteiger partial charge on any atom is -0.322 e. The maximum atomic E-state index is 13.1. The second kappa shape index (κ2) is 9.12. The van der Waals surface area contributed by atoms with Crippen molar-refractivity contribution in [2.45, 2.75) is 38.8 Å². The van der Waals surface area contributed by atoms with Crippen molar-refractivity contribution < 1.29 is 18.0 Å². The van der Waals surface area contributed by atoms with E-state index in [1.165, 1.54) is 18.2 Å². The van der Waals surface area contributed by atoms with E-state index in [1.54, 1.807) is 12.1 Å². The Labute approximate surface area is 169 Å². The number of para-hydroxylation sites is 1. The van der Waals surface area contributed by atoms with Gasteiger partial charge in [0, 0.05) is 11.8 Å². The molecule has 1 atom stereocenters. The zero-order valence-corrected chi connectivity index (χ0v) is 16.3. The van der Waals surface area contributed by atoms with Crippen molar-refractivity contribution in [2.24, 2.45) is 5.92 Å². The smallest absolute Gasteiger partial charge is 0.322 e. The van der Waals surface area contributed by atoms with Gasteiger partial charge in [-0.25, -0.2) is 0 Å². The minimum atomic E-state index is -4.29. The molecule has 1 aliphatic rings. The average molecular weight is 399 g/mol. The molecule has 1 unspecified atom stereocenters. The van der Waals surface area contributed by atoms with Gasteiger partial charge in [-0.1, -0.05) is 48.6 Å². The number of fused-ring (bicyclic) bond motifs is 1. The summed E-state index contributed by atoms with van der Waals surface area (Å²) in [4.78, 5) is 12.0. The van der Waals surface area contributed by atoms with Crippen LogP contribution in [-0.2, 0) is 23.8 Å². The van der Waals surface area contributed by atoms with E-state index in [1.807, 2.05) is 43.3 Å². The quantitative estimate of drug-likeness (QED) is 0.467. The first-order valence-corrected chi connectivity index (χ1v) is 9.72. The first-order chi connectivity index (χ1) is 13.8. The van der Waals surface area contributed by atoms with E-state index in [0.717, 1.165) is 29.7 Å². The number of rotatable bonds is 5. The minimum absolute atomic E-state index is 0.199. The lowest BCUT2D eigenvalue weighted by Crippen LogP contribution is -2.19. The average Bonchev–Trinajstić information content (AvgIpc) is 2.68. The van der Waals surface area contributed by atoms with Crippen LogP contribution in [0, 0.1) is 12.8 Å². The molecule has 0 aromatic heterocycles. The molecule has 152 valence electrons. The van der Waals surface area contributed by atoms with Crippen LogP contribution in [0.4, 0.5) is 18.9 Å². The lowest BCUT2D eigenvalue weighted by atomic mass is 9.80. The maximum absolute atomic E-state index is 13.1. The van der Waals surface area contributed by atoms with Gasteiger partial charge in [0.1, 0.15) is 0 Å². The summed E-state index contributed by atoms with van der Waals surface area (Å²) in [6.45, 7) is 1.93. The van der Waals surface area contributed by atoms with Crippen molar-refractivity contribution in [2.75, 3.05) is 5.32 Å². The second-order valence-corrected chi connectivity index (χ2v) is 7.38. The lowest BCUT2D eigenvalue weighted by molar-refractivity contribution is -0.138. The number of benzene rings is 2. The zero-order valence-electron chi connectivity index (χ0n) is 16.3. The third-order valence-corrected chi connectivity index (χ3v) is 5.26. The number of carbonyl (C=O) groups excluding carboxylic acids is 1. The fraction of sp³-hybridized carbons (Fsp3) is 0.292. The van der Waals surface area contributed by atoms with Crippen LogP contribution in [0.1, 0.15) is 35.1 Å². The Kier molecular flexibility index (Phi) is 6.57. The van der Waals surface area contributed by atoms with E-state index < -0.39 is 11.7 Å². The SMILES string of the molecule is Cc1ccccc1NC(=O)/C=C/C=C/CC1CCc2c(cccc2C(F)(F)F)C1. The number of amides is 1. The van der Waals surface area contributed by atoms with Crippen molar-refractivity contribution in [3.05, 3.63) is 89.0 Å². The maximum Gasteiger partial charge on any atom is 0.416 e.